The Labute approximate surface area is 116 Å². The van der Waals surface area contributed by atoms with Gasteiger partial charge >= 0.3 is 0 Å². The second kappa shape index (κ2) is 5.55. The van der Waals surface area contributed by atoms with E-state index in [-0.39, 0.29) is 0 Å². The normalized spacial score (nSPS) is 11.2. The van der Waals surface area contributed by atoms with Crippen molar-refractivity contribution >= 4 is 17.0 Å². The highest BCUT2D eigenvalue weighted by Crippen LogP contribution is 2.11. The van der Waals surface area contributed by atoms with Gasteiger partial charge < -0.3 is 9.72 Å². The number of thiophene rings is 1. The molecule has 3 nitrogen and oxygen atoms in total. The Balaban J connectivity index is 1.63. The predicted octanol–water partition coefficient (Wildman–Crippen LogP) is 3.04. The van der Waals surface area contributed by atoms with Crippen molar-refractivity contribution in [3.05, 3.63) is 58.2 Å². The minimum atomic E-state index is 0.862. The van der Waals surface area contributed by atoms with Gasteiger partial charge in [0.1, 0.15) is 5.65 Å². The maximum atomic E-state index is 4.57. The molecule has 1 N–H and O–H groups in total. The average molecular weight is 271 g/mol. The van der Waals surface area contributed by atoms with E-state index < -0.39 is 0 Å². The SMILES string of the molecule is Cc1nc2ccccn2c1CNCCc1ccsc1. The van der Waals surface area contributed by atoms with Gasteiger partial charge in [0.25, 0.3) is 0 Å². The Hall–Kier alpha value is -1.65. The van der Waals surface area contributed by atoms with Crippen LogP contribution >= 0.6 is 11.3 Å². The summed E-state index contributed by atoms with van der Waals surface area (Å²) in [7, 11) is 0. The molecule has 3 aromatic heterocycles. The molecule has 0 aliphatic carbocycles. The smallest absolute Gasteiger partial charge is 0.137 e. The van der Waals surface area contributed by atoms with Crippen LogP contribution in [0.1, 0.15) is 17.0 Å². The number of nitrogens with zero attached hydrogens (tertiary/aromatic N) is 2. The van der Waals surface area contributed by atoms with Gasteiger partial charge in [-0.05, 0) is 54.4 Å². The van der Waals surface area contributed by atoms with Gasteiger partial charge in [0, 0.05) is 12.7 Å². The zero-order valence-corrected chi connectivity index (χ0v) is 11.8. The molecule has 3 aromatic rings. The molecule has 0 aliphatic heterocycles. The van der Waals surface area contributed by atoms with Crippen LogP contribution < -0.4 is 5.32 Å². The fraction of sp³-hybridized carbons (Fsp3) is 0.267. The average Bonchev–Trinajstić information content (AvgIpc) is 3.02. The Kier molecular flexibility index (Phi) is 3.62. The van der Waals surface area contributed by atoms with Crippen LogP contribution in [0.5, 0.6) is 0 Å². The van der Waals surface area contributed by atoms with E-state index in [0.717, 1.165) is 30.9 Å². The molecule has 0 unspecified atom stereocenters. The maximum Gasteiger partial charge on any atom is 0.137 e. The van der Waals surface area contributed by atoms with E-state index in [1.807, 2.05) is 18.2 Å². The number of rotatable bonds is 5. The number of aryl methyl sites for hydroxylation is 1. The lowest BCUT2D eigenvalue weighted by atomic mass is 10.2. The first-order chi connectivity index (χ1) is 9.34. The highest BCUT2D eigenvalue weighted by Gasteiger charge is 2.06. The number of pyridine rings is 1. The van der Waals surface area contributed by atoms with E-state index in [1.54, 1.807) is 11.3 Å². The molecule has 0 atom stereocenters. The van der Waals surface area contributed by atoms with Crippen molar-refractivity contribution in [2.24, 2.45) is 0 Å². The van der Waals surface area contributed by atoms with Crippen molar-refractivity contribution < 1.29 is 0 Å². The number of imidazole rings is 1. The topological polar surface area (TPSA) is 29.3 Å². The largest absolute Gasteiger partial charge is 0.311 e. The van der Waals surface area contributed by atoms with Gasteiger partial charge in [0.15, 0.2) is 0 Å². The summed E-state index contributed by atoms with van der Waals surface area (Å²) in [5.41, 5.74) is 4.79. The molecule has 0 amide bonds. The molecule has 0 saturated carbocycles. The Morgan fingerprint density at radius 3 is 3.11 bits per heavy atom. The summed E-state index contributed by atoms with van der Waals surface area (Å²) in [6, 6.07) is 8.30. The molecular formula is C15H17N3S. The third-order valence-electron chi connectivity index (χ3n) is 3.29. The molecule has 0 bridgehead atoms. The van der Waals surface area contributed by atoms with Gasteiger partial charge in [-0.1, -0.05) is 6.07 Å². The van der Waals surface area contributed by atoms with Gasteiger partial charge in [0.2, 0.25) is 0 Å². The first-order valence-electron chi connectivity index (χ1n) is 6.49. The van der Waals surface area contributed by atoms with Crippen molar-refractivity contribution in [2.45, 2.75) is 19.9 Å². The Morgan fingerprint density at radius 1 is 1.32 bits per heavy atom. The summed E-state index contributed by atoms with van der Waals surface area (Å²) in [5.74, 6) is 0. The molecule has 98 valence electrons. The molecule has 0 radical (unpaired) electrons. The van der Waals surface area contributed by atoms with E-state index in [0.29, 0.717) is 0 Å². The molecular weight excluding hydrogens is 254 g/mol. The van der Waals surface area contributed by atoms with Crippen molar-refractivity contribution in [1.82, 2.24) is 14.7 Å². The highest BCUT2D eigenvalue weighted by atomic mass is 32.1. The first kappa shape index (κ1) is 12.4. The summed E-state index contributed by atoms with van der Waals surface area (Å²) < 4.78 is 2.16. The van der Waals surface area contributed by atoms with Crippen molar-refractivity contribution in [2.75, 3.05) is 6.54 Å². The highest BCUT2D eigenvalue weighted by molar-refractivity contribution is 7.07. The minimum absolute atomic E-state index is 0.862. The molecule has 0 saturated heterocycles. The molecule has 0 spiro atoms. The van der Waals surface area contributed by atoms with Gasteiger partial charge in [-0.25, -0.2) is 4.98 Å². The number of aromatic nitrogens is 2. The van der Waals surface area contributed by atoms with Crippen LogP contribution in [0.3, 0.4) is 0 Å². The van der Waals surface area contributed by atoms with Crippen LogP contribution in [0.25, 0.3) is 5.65 Å². The fourth-order valence-electron chi connectivity index (χ4n) is 2.25. The van der Waals surface area contributed by atoms with Crippen LogP contribution in [-0.2, 0) is 13.0 Å². The van der Waals surface area contributed by atoms with E-state index in [4.69, 9.17) is 0 Å². The maximum absolute atomic E-state index is 4.57. The van der Waals surface area contributed by atoms with E-state index in [9.17, 15) is 0 Å². The lowest BCUT2D eigenvalue weighted by Gasteiger charge is -2.05. The zero-order chi connectivity index (χ0) is 13.1. The number of nitrogens with one attached hydrogen (secondary N) is 1. The summed E-state index contributed by atoms with van der Waals surface area (Å²) in [5, 5.41) is 7.84. The number of hydrogen-bond donors (Lipinski definition) is 1. The summed E-state index contributed by atoms with van der Waals surface area (Å²) in [6.07, 6.45) is 3.16. The monoisotopic (exact) mass is 271 g/mol. The van der Waals surface area contributed by atoms with Gasteiger partial charge in [-0.2, -0.15) is 11.3 Å². The summed E-state index contributed by atoms with van der Waals surface area (Å²) in [4.78, 5) is 4.57. The van der Waals surface area contributed by atoms with Crippen LogP contribution in [0.4, 0.5) is 0 Å². The van der Waals surface area contributed by atoms with Crippen molar-refractivity contribution in [3.8, 4) is 0 Å². The molecule has 0 aliphatic rings. The van der Waals surface area contributed by atoms with Crippen molar-refractivity contribution in [1.29, 1.82) is 0 Å². The fourth-order valence-corrected chi connectivity index (χ4v) is 2.95. The molecule has 4 heteroatoms. The van der Waals surface area contributed by atoms with Crippen LogP contribution in [-0.4, -0.2) is 15.9 Å². The molecule has 19 heavy (non-hydrogen) atoms. The van der Waals surface area contributed by atoms with Crippen LogP contribution in [0.2, 0.25) is 0 Å². The lowest BCUT2D eigenvalue weighted by molar-refractivity contribution is 0.669. The van der Waals surface area contributed by atoms with Crippen LogP contribution in [0, 0.1) is 6.92 Å². The minimum Gasteiger partial charge on any atom is -0.311 e. The van der Waals surface area contributed by atoms with Gasteiger partial charge in [-0.3, -0.25) is 0 Å². The van der Waals surface area contributed by atoms with E-state index in [2.05, 4.69) is 44.6 Å². The Bertz CT molecular complexity index is 655. The second-order valence-electron chi connectivity index (χ2n) is 4.63. The third-order valence-corrected chi connectivity index (χ3v) is 4.02. The van der Waals surface area contributed by atoms with Gasteiger partial charge in [0.05, 0.1) is 11.4 Å². The lowest BCUT2D eigenvalue weighted by Crippen LogP contribution is -2.18. The standard InChI is InChI=1S/C15H17N3S/c1-12-14(18-8-3-2-4-15(18)17-12)10-16-7-5-13-6-9-19-11-13/h2-4,6,8-9,11,16H,5,7,10H2,1H3. The molecule has 3 heterocycles. The number of hydrogen-bond acceptors (Lipinski definition) is 3. The molecule has 3 rings (SSSR count). The first-order valence-corrected chi connectivity index (χ1v) is 7.43. The van der Waals surface area contributed by atoms with Crippen LogP contribution in [0.15, 0.2) is 41.2 Å². The van der Waals surface area contributed by atoms with Crippen molar-refractivity contribution in [3.63, 3.8) is 0 Å². The quantitative estimate of drug-likeness (QED) is 0.723. The second-order valence-corrected chi connectivity index (χ2v) is 5.41. The van der Waals surface area contributed by atoms with Gasteiger partial charge in [-0.15, -0.1) is 0 Å². The molecule has 0 aromatic carbocycles. The van der Waals surface area contributed by atoms with E-state index in [1.165, 1.54) is 11.3 Å². The third kappa shape index (κ3) is 2.69. The summed E-state index contributed by atoms with van der Waals surface area (Å²) in [6.45, 7) is 3.93. The Morgan fingerprint density at radius 2 is 2.26 bits per heavy atom. The predicted molar refractivity (Wildman–Crippen MR) is 79.7 cm³/mol. The van der Waals surface area contributed by atoms with E-state index >= 15 is 0 Å². The zero-order valence-electron chi connectivity index (χ0n) is 11.0. The number of fused-ring (bicyclic) bond motifs is 1. The molecule has 0 fully saturated rings. The summed E-state index contributed by atoms with van der Waals surface area (Å²) >= 11 is 1.76.